The van der Waals surface area contributed by atoms with Crippen LogP contribution in [0.15, 0.2) is 40.7 Å². The Bertz CT molecular complexity index is 723. The molecule has 0 bridgehead atoms. The third-order valence-corrected chi connectivity index (χ3v) is 5.14. The largest absolute Gasteiger partial charge is 0.493 e. The summed E-state index contributed by atoms with van der Waals surface area (Å²) in [5, 5.41) is 8.88. The zero-order valence-corrected chi connectivity index (χ0v) is 20.3. The summed E-state index contributed by atoms with van der Waals surface area (Å²) in [6.07, 6.45) is 0. The van der Waals surface area contributed by atoms with E-state index in [1.54, 1.807) is 25.6 Å². The molecule has 0 fully saturated rings. The lowest BCUT2D eigenvalue weighted by molar-refractivity contribution is 0.302. The van der Waals surface area contributed by atoms with E-state index in [2.05, 4.69) is 54.1 Å². The van der Waals surface area contributed by atoms with Crippen molar-refractivity contribution in [3.63, 3.8) is 0 Å². The molecule has 0 aliphatic rings. The molecule has 2 aromatic rings. The van der Waals surface area contributed by atoms with Gasteiger partial charge in [-0.2, -0.15) is 0 Å². The summed E-state index contributed by atoms with van der Waals surface area (Å²) in [6, 6.07) is 10.4. The molecule has 1 unspecified atom stereocenters. The lowest BCUT2D eigenvalue weighted by Crippen LogP contribution is -2.41. The molecule has 0 aliphatic heterocycles. The number of guanidine groups is 1. The molecular formula is C20H31IN4O2S. The van der Waals surface area contributed by atoms with Crippen LogP contribution in [0.1, 0.15) is 23.4 Å². The van der Waals surface area contributed by atoms with Gasteiger partial charge in [0.1, 0.15) is 0 Å². The highest BCUT2D eigenvalue weighted by Crippen LogP contribution is 2.27. The van der Waals surface area contributed by atoms with Crippen LogP contribution in [0, 0.1) is 0 Å². The first kappa shape index (κ1) is 24.5. The highest BCUT2D eigenvalue weighted by Gasteiger charge is 2.15. The molecule has 1 aromatic carbocycles. The summed E-state index contributed by atoms with van der Waals surface area (Å²) in [6.45, 7) is 4.21. The number of benzene rings is 1. The molecule has 0 radical (unpaired) electrons. The second-order valence-corrected chi connectivity index (χ2v) is 7.24. The van der Waals surface area contributed by atoms with Gasteiger partial charge < -0.3 is 25.0 Å². The lowest BCUT2D eigenvalue weighted by Gasteiger charge is -2.24. The van der Waals surface area contributed by atoms with Crippen LogP contribution < -0.4 is 20.1 Å². The summed E-state index contributed by atoms with van der Waals surface area (Å²) < 4.78 is 10.7. The van der Waals surface area contributed by atoms with Gasteiger partial charge in [0.2, 0.25) is 0 Å². The minimum atomic E-state index is 0. The second-order valence-electron chi connectivity index (χ2n) is 6.26. The molecule has 1 aromatic heterocycles. The van der Waals surface area contributed by atoms with Gasteiger partial charge in [0.25, 0.3) is 0 Å². The van der Waals surface area contributed by atoms with Gasteiger partial charge in [-0.25, -0.2) is 4.99 Å². The average Bonchev–Trinajstić information content (AvgIpc) is 3.19. The Morgan fingerprint density at radius 2 is 1.89 bits per heavy atom. The molecule has 2 rings (SSSR count). The molecule has 28 heavy (non-hydrogen) atoms. The SMILES string of the molecule is CCNC(=NCc1ccc(OC)c(OC)c1)NCC(c1cccs1)N(C)C.I. The van der Waals surface area contributed by atoms with Crippen LogP contribution in [0.4, 0.5) is 0 Å². The molecular weight excluding hydrogens is 487 g/mol. The van der Waals surface area contributed by atoms with E-state index in [9.17, 15) is 0 Å². The van der Waals surface area contributed by atoms with E-state index in [1.165, 1.54) is 4.88 Å². The number of aliphatic imine (C=N–C) groups is 1. The van der Waals surface area contributed by atoms with E-state index in [1.807, 2.05) is 18.2 Å². The van der Waals surface area contributed by atoms with Crippen molar-refractivity contribution < 1.29 is 9.47 Å². The van der Waals surface area contributed by atoms with E-state index >= 15 is 0 Å². The molecule has 2 N–H and O–H groups in total. The Morgan fingerprint density at radius 3 is 2.46 bits per heavy atom. The predicted octanol–water partition coefficient (Wildman–Crippen LogP) is 3.74. The van der Waals surface area contributed by atoms with Crippen LogP contribution in [-0.4, -0.2) is 52.3 Å². The van der Waals surface area contributed by atoms with Crippen LogP contribution in [0.2, 0.25) is 0 Å². The van der Waals surface area contributed by atoms with E-state index in [4.69, 9.17) is 14.5 Å². The summed E-state index contributed by atoms with van der Waals surface area (Å²) in [5.74, 6) is 2.24. The molecule has 6 nitrogen and oxygen atoms in total. The van der Waals surface area contributed by atoms with Crippen LogP contribution in [0.5, 0.6) is 11.5 Å². The first-order valence-corrected chi connectivity index (χ1v) is 9.89. The number of thiophene rings is 1. The summed E-state index contributed by atoms with van der Waals surface area (Å²) in [7, 11) is 7.47. The normalized spacial score (nSPS) is 12.3. The van der Waals surface area contributed by atoms with Gasteiger partial charge in [0.05, 0.1) is 26.8 Å². The molecule has 0 saturated heterocycles. The highest BCUT2D eigenvalue weighted by molar-refractivity contribution is 14.0. The number of hydrogen-bond donors (Lipinski definition) is 2. The number of rotatable bonds is 9. The van der Waals surface area contributed by atoms with E-state index in [-0.39, 0.29) is 24.0 Å². The van der Waals surface area contributed by atoms with Gasteiger partial charge in [0, 0.05) is 18.0 Å². The van der Waals surface area contributed by atoms with Crippen molar-refractivity contribution in [1.82, 2.24) is 15.5 Å². The predicted molar refractivity (Wildman–Crippen MR) is 129 cm³/mol. The first-order chi connectivity index (χ1) is 13.1. The third kappa shape index (κ3) is 7.14. The standard InChI is InChI=1S/C20H30N4O2S.HI/c1-6-21-20(23-14-16(24(2)3)19-8-7-11-27-19)22-13-15-9-10-17(25-4)18(12-15)26-5;/h7-12,16H,6,13-14H2,1-5H3,(H2,21,22,23);1H. The maximum absolute atomic E-state index is 5.37. The second kappa shape index (κ2) is 12.8. The van der Waals surface area contributed by atoms with E-state index in [0.717, 1.165) is 30.4 Å². The van der Waals surface area contributed by atoms with Crippen LogP contribution >= 0.6 is 35.3 Å². The number of nitrogens with one attached hydrogen (secondary N) is 2. The minimum absolute atomic E-state index is 0. The number of methoxy groups -OCH3 is 2. The van der Waals surface area contributed by atoms with Crippen molar-refractivity contribution in [1.29, 1.82) is 0 Å². The summed E-state index contributed by atoms with van der Waals surface area (Å²) in [5.41, 5.74) is 1.06. The van der Waals surface area contributed by atoms with Crippen molar-refractivity contribution in [3.8, 4) is 11.5 Å². The Balaban J connectivity index is 0.00000392. The van der Waals surface area contributed by atoms with Gasteiger partial charge in [-0.15, -0.1) is 35.3 Å². The highest BCUT2D eigenvalue weighted by atomic mass is 127. The molecule has 0 aliphatic carbocycles. The quantitative estimate of drug-likeness (QED) is 0.301. The van der Waals surface area contributed by atoms with Gasteiger partial charge in [-0.1, -0.05) is 12.1 Å². The molecule has 1 heterocycles. The molecule has 1 atom stereocenters. The van der Waals surface area contributed by atoms with E-state index < -0.39 is 0 Å². The zero-order chi connectivity index (χ0) is 19.6. The van der Waals surface area contributed by atoms with Crippen LogP contribution in [0.3, 0.4) is 0 Å². The van der Waals surface area contributed by atoms with E-state index in [0.29, 0.717) is 18.3 Å². The Hall–Kier alpha value is -1.52. The monoisotopic (exact) mass is 518 g/mol. The van der Waals surface area contributed by atoms with Crippen LogP contribution in [0.25, 0.3) is 0 Å². The fourth-order valence-electron chi connectivity index (χ4n) is 2.70. The number of nitrogens with zero attached hydrogens (tertiary/aromatic N) is 2. The third-order valence-electron chi connectivity index (χ3n) is 4.17. The molecule has 0 amide bonds. The van der Waals surface area contributed by atoms with Crippen molar-refractivity contribution in [2.45, 2.75) is 19.5 Å². The van der Waals surface area contributed by atoms with Gasteiger partial charge >= 0.3 is 0 Å². The number of ether oxygens (including phenoxy) is 2. The van der Waals surface area contributed by atoms with Crippen molar-refractivity contribution >= 4 is 41.3 Å². The minimum Gasteiger partial charge on any atom is -0.493 e. The number of hydrogen-bond acceptors (Lipinski definition) is 5. The van der Waals surface area contributed by atoms with Crippen molar-refractivity contribution in [2.24, 2.45) is 4.99 Å². The maximum Gasteiger partial charge on any atom is 0.191 e. The van der Waals surface area contributed by atoms with Gasteiger partial charge in [0.15, 0.2) is 17.5 Å². The van der Waals surface area contributed by atoms with Crippen molar-refractivity contribution in [3.05, 3.63) is 46.2 Å². The zero-order valence-electron chi connectivity index (χ0n) is 17.2. The van der Waals surface area contributed by atoms with Crippen LogP contribution in [-0.2, 0) is 6.54 Å². The number of halogens is 1. The number of likely N-dealkylation sites (N-methyl/N-ethyl adjacent to an activating group) is 1. The fourth-order valence-corrected chi connectivity index (χ4v) is 3.63. The first-order valence-electron chi connectivity index (χ1n) is 9.02. The maximum atomic E-state index is 5.37. The topological polar surface area (TPSA) is 58.1 Å². The Morgan fingerprint density at radius 1 is 1.14 bits per heavy atom. The smallest absolute Gasteiger partial charge is 0.191 e. The Labute approximate surface area is 189 Å². The lowest BCUT2D eigenvalue weighted by atomic mass is 10.2. The molecule has 0 spiro atoms. The summed E-state index contributed by atoms with van der Waals surface area (Å²) >= 11 is 1.77. The molecule has 156 valence electrons. The van der Waals surface area contributed by atoms with Gasteiger partial charge in [-0.3, -0.25) is 0 Å². The summed E-state index contributed by atoms with van der Waals surface area (Å²) in [4.78, 5) is 8.27. The van der Waals surface area contributed by atoms with Gasteiger partial charge in [-0.05, 0) is 50.2 Å². The average molecular weight is 518 g/mol. The Kier molecular flexibility index (Phi) is 11.2. The molecule has 0 saturated carbocycles. The molecule has 8 heteroatoms. The fraction of sp³-hybridized carbons (Fsp3) is 0.450. The van der Waals surface area contributed by atoms with Crippen molar-refractivity contribution in [2.75, 3.05) is 41.4 Å².